The Labute approximate surface area is 135 Å². The molecular weight excluding hydrogens is 310 g/mol. The first kappa shape index (κ1) is 17.9. The molecule has 1 atom stereocenters. The number of amides is 2. The predicted octanol–water partition coefficient (Wildman–Crippen LogP) is 1.30. The summed E-state index contributed by atoms with van der Waals surface area (Å²) >= 11 is 1.75. The van der Waals surface area contributed by atoms with Crippen molar-refractivity contribution in [2.45, 2.75) is 38.8 Å². The maximum absolute atomic E-state index is 12.5. The zero-order valence-corrected chi connectivity index (χ0v) is 13.8. The highest BCUT2D eigenvalue weighted by Crippen LogP contribution is 2.24. The van der Waals surface area contributed by atoms with Crippen molar-refractivity contribution in [3.63, 3.8) is 0 Å². The van der Waals surface area contributed by atoms with Gasteiger partial charge in [0.25, 0.3) is 0 Å². The van der Waals surface area contributed by atoms with Gasteiger partial charge in [0.15, 0.2) is 0 Å². The summed E-state index contributed by atoms with van der Waals surface area (Å²) in [5.41, 5.74) is 6.54. The number of hydrogen-bond acceptors (Lipinski definition) is 4. The molecule has 0 radical (unpaired) electrons. The molecule has 0 saturated heterocycles. The molecule has 0 aromatic carbocycles. The highest BCUT2D eigenvalue weighted by atomic mass is 35.5. The fourth-order valence-electron chi connectivity index (χ4n) is 2.46. The van der Waals surface area contributed by atoms with Crippen molar-refractivity contribution in [2.24, 2.45) is 5.73 Å². The van der Waals surface area contributed by atoms with Gasteiger partial charge >= 0.3 is 0 Å². The van der Waals surface area contributed by atoms with Crippen LogP contribution in [-0.2, 0) is 22.6 Å². The molecule has 2 amide bonds. The summed E-state index contributed by atoms with van der Waals surface area (Å²) in [7, 11) is 0. The lowest BCUT2D eigenvalue weighted by atomic mass is 10.1. The number of carbonyl (C=O) groups is 2. The van der Waals surface area contributed by atoms with E-state index in [2.05, 4.69) is 16.8 Å². The Morgan fingerprint density at radius 2 is 2.29 bits per heavy atom. The van der Waals surface area contributed by atoms with E-state index in [0.717, 1.165) is 19.4 Å². The highest BCUT2D eigenvalue weighted by molar-refractivity contribution is 7.10. The first-order valence-electron chi connectivity index (χ1n) is 6.99. The minimum atomic E-state index is -0.448. The van der Waals surface area contributed by atoms with Gasteiger partial charge in [-0.25, -0.2) is 0 Å². The summed E-state index contributed by atoms with van der Waals surface area (Å²) in [5, 5.41) is 4.80. The third-order valence-corrected chi connectivity index (χ3v) is 4.54. The second-order valence-corrected chi connectivity index (χ2v) is 5.99. The van der Waals surface area contributed by atoms with Crippen LogP contribution in [0.1, 0.15) is 30.2 Å². The third kappa shape index (κ3) is 4.43. The Kier molecular flexibility index (Phi) is 7.14. The molecule has 1 aliphatic rings. The smallest absolute Gasteiger partial charge is 0.245 e. The van der Waals surface area contributed by atoms with Crippen molar-refractivity contribution in [1.82, 2.24) is 10.2 Å². The van der Waals surface area contributed by atoms with Crippen LogP contribution in [0.5, 0.6) is 0 Å². The van der Waals surface area contributed by atoms with E-state index in [0.29, 0.717) is 13.0 Å². The average Bonchev–Trinajstić information content (AvgIpc) is 2.93. The van der Waals surface area contributed by atoms with Gasteiger partial charge in [0.2, 0.25) is 11.8 Å². The quantitative estimate of drug-likeness (QED) is 0.854. The Hall–Kier alpha value is -1.11. The lowest BCUT2D eigenvalue weighted by Crippen LogP contribution is -2.50. The minimum Gasteiger partial charge on any atom is -0.343 e. The summed E-state index contributed by atoms with van der Waals surface area (Å²) < 4.78 is 0. The molecule has 1 aromatic heterocycles. The van der Waals surface area contributed by atoms with Crippen LogP contribution >= 0.6 is 23.7 Å². The molecule has 1 aromatic rings. The van der Waals surface area contributed by atoms with Crippen LogP contribution in [0.4, 0.5) is 0 Å². The number of nitrogens with two attached hydrogens (primary N) is 1. The Morgan fingerprint density at radius 1 is 1.52 bits per heavy atom. The number of thiophene rings is 1. The zero-order chi connectivity index (χ0) is 14.5. The number of carbonyl (C=O) groups excluding carboxylic acids is 2. The number of halogens is 1. The number of fused-ring (bicyclic) bond motifs is 1. The van der Waals surface area contributed by atoms with Gasteiger partial charge < -0.3 is 16.0 Å². The van der Waals surface area contributed by atoms with Crippen LogP contribution in [0.3, 0.4) is 0 Å². The lowest BCUT2D eigenvalue weighted by Gasteiger charge is -2.30. The molecule has 0 saturated carbocycles. The number of rotatable bonds is 5. The van der Waals surface area contributed by atoms with Crippen molar-refractivity contribution >= 4 is 35.6 Å². The molecule has 2 heterocycles. The van der Waals surface area contributed by atoms with Crippen LogP contribution in [0.2, 0.25) is 0 Å². The third-order valence-electron chi connectivity index (χ3n) is 3.52. The van der Waals surface area contributed by atoms with Gasteiger partial charge in [0, 0.05) is 18.0 Å². The van der Waals surface area contributed by atoms with Crippen LogP contribution in [0.15, 0.2) is 11.4 Å². The van der Waals surface area contributed by atoms with Crippen molar-refractivity contribution in [1.29, 1.82) is 0 Å². The molecule has 2 rings (SSSR count). The van der Waals surface area contributed by atoms with E-state index >= 15 is 0 Å². The summed E-state index contributed by atoms with van der Waals surface area (Å²) in [6, 6.07) is 1.63. The monoisotopic (exact) mass is 331 g/mol. The first-order valence-corrected chi connectivity index (χ1v) is 7.87. The normalized spacial score (nSPS) is 14.9. The van der Waals surface area contributed by atoms with E-state index in [1.54, 1.807) is 11.3 Å². The molecule has 1 unspecified atom stereocenters. The minimum absolute atomic E-state index is 0. The zero-order valence-electron chi connectivity index (χ0n) is 12.1. The van der Waals surface area contributed by atoms with Gasteiger partial charge in [-0.3, -0.25) is 9.59 Å². The van der Waals surface area contributed by atoms with Crippen molar-refractivity contribution in [3.8, 4) is 0 Å². The van der Waals surface area contributed by atoms with E-state index in [4.69, 9.17) is 5.73 Å². The van der Waals surface area contributed by atoms with E-state index < -0.39 is 6.04 Å². The largest absolute Gasteiger partial charge is 0.343 e. The molecule has 5 nitrogen and oxygen atoms in total. The highest BCUT2D eigenvalue weighted by Gasteiger charge is 2.28. The maximum Gasteiger partial charge on any atom is 0.245 e. The van der Waals surface area contributed by atoms with Gasteiger partial charge in [-0.15, -0.1) is 23.7 Å². The summed E-state index contributed by atoms with van der Waals surface area (Å²) in [6.07, 6.45) is 2.40. The van der Waals surface area contributed by atoms with E-state index in [-0.39, 0.29) is 30.8 Å². The molecule has 0 fully saturated rings. The van der Waals surface area contributed by atoms with Crippen LogP contribution in [-0.4, -0.2) is 35.8 Å². The fraction of sp³-hybridized carbons (Fsp3) is 0.571. The van der Waals surface area contributed by atoms with E-state index in [1.807, 2.05) is 11.8 Å². The van der Waals surface area contributed by atoms with Gasteiger partial charge in [0.05, 0.1) is 6.54 Å². The van der Waals surface area contributed by atoms with E-state index in [9.17, 15) is 9.59 Å². The number of nitrogens with one attached hydrogen (secondary N) is 1. The fourth-order valence-corrected chi connectivity index (χ4v) is 3.35. The van der Waals surface area contributed by atoms with Crippen molar-refractivity contribution in [2.75, 3.05) is 13.1 Å². The molecule has 21 heavy (non-hydrogen) atoms. The van der Waals surface area contributed by atoms with Gasteiger partial charge in [-0.2, -0.15) is 0 Å². The lowest BCUT2D eigenvalue weighted by molar-refractivity contribution is -0.137. The maximum atomic E-state index is 12.5. The number of hydrogen-bond donors (Lipinski definition) is 2. The van der Waals surface area contributed by atoms with Crippen molar-refractivity contribution < 1.29 is 9.59 Å². The molecule has 0 aliphatic carbocycles. The van der Waals surface area contributed by atoms with Crippen LogP contribution in [0.25, 0.3) is 0 Å². The van der Waals surface area contributed by atoms with Crippen LogP contribution < -0.4 is 11.1 Å². The topological polar surface area (TPSA) is 75.4 Å². The summed E-state index contributed by atoms with van der Waals surface area (Å²) in [6.45, 7) is 3.30. The molecule has 0 bridgehead atoms. The van der Waals surface area contributed by atoms with Crippen LogP contribution in [0, 0.1) is 0 Å². The number of nitrogens with zero attached hydrogens (tertiary/aromatic N) is 1. The molecule has 0 spiro atoms. The molecule has 118 valence electrons. The Morgan fingerprint density at radius 3 is 2.95 bits per heavy atom. The van der Waals surface area contributed by atoms with Gasteiger partial charge in [-0.1, -0.05) is 13.3 Å². The predicted molar refractivity (Wildman–Crippen MR) is 86.6 cm³/mol. The molecular formula is C14H22ClN3O2S. The Bertz CT molecular complexity index is 492. The van der Waals surface area contributed by atoms with Crippen molar-refractivity contribution in [3.05, 3.63) is 21.9 Å². The van der Waals surface area contributed by atoms with Gasteiger partial charge in [-0.05, 0) is 29.9 Å². The second kappa shape index (κ2) is 8.36. The SMILES string of the molecule is CCCC(NC(=O)CN)C(=O)N1CCc2sccc2C1.Cl. The summed E-state index contributed by atoms with van der Waals surface area (Å²) in [4.78, 5) is 27.2. The summed E-state index contributed by atoms with van der Waals surface area (Å²) in [5.74, 6) is -0.268. The van der Waals surface area contributed by atoms with E-state index in [1.165, 1.54) is 10.4 Å². The standard InChI is InChI=1S/C14H21N3O2S.ClH/c1-2-3-11(16-13(18)8-15)14(19)17-6-4-12-10(9-17)5-7-20-12;/h5,7,11H,2-4,6,8-9,15H2,1H3,(H,16,18);1H. The average molecular weight is 332 g/mol. The molecule has 3 N–H and O–H groups in total. The van der Waals surface area contributed by atoms with Gasteiger partial charge in [0.1, 0.15) is 6.04 Å². The molecule has 7 heteroatoms. The molecule has 1 aliphatic heterocycles. The second-order valence-electron chi connectivity index (χ2n) is 4.99. The first-order chi connectivity index (χ1) is 9.65. The Balaban J connectivity index is 0.00000220.